The average Bonchev–Trinajstić information content (AvgIpc) is 2.40. The normalized spacial score (nSPS) is 11.1. The first-order chi connectivity index (χ1) is 9.81. The number of nitrogens with one attached hydrogen (secondary N) is 1. The molecule has 2 aromatic rings. The minimum absolute atomic E-state index is 0.117. The lowest BCUT2D eigenvalue weighted by molar-refractivity contribution is 0.0697. The fourth-order valence-electron chi connectivity index (χ4n) is 1.63. The van der Waals surface area contributed by atoms with Gasteiger partial charge in [-0.15, -0.1) is 0 Å². The number of sulfonamides is 1. The van der Waals surface area contributed by atoms with E-state index in [-0.39, 0.29) is 15.5 Å². The van der Waals surface area contributed by atoms with E-state index >= 15 is 0 Å². The number of pyridine rings is 1. The predicted octanol–water partition coefficient (Wildman–Crippen LogP) is 2.54. The quantitative estimate of drug-likeness (QED) is 0.900. The Hall–Kier alpha value is -2.12. The van der Waals surface area contributed by atoms with Crippen molar-refractivity contribution in [2.24, 2.45) is 0 Å². The van der Waals surface area contributed by atoms with Crippen molar-refractivity contribution in [1.29, 1.82) is 0 Å². The van der Waals surface area contributed by atoms with Gasteiger partial charge in [0.25, 0.3) is 10.0 Å². The van der Waals surface area contributed by atoms with Gasteiger partial charge in [0.2, 0.25) is 0 Å². The summed E-state index contributed by atoms with van der Waals surface area (Å²) in [5, 5.41) is 8.73. The summed E-state index contributed by atoms with van der Waals surface area (Å²) in [6.07, 6.45) is 2.99. The van der Waals surface area contributed by atoms with Crippen LogP contribution in [0, 0.1) is 6.92 Å². The Morgan fingerprint density at radius 2 is 2.05 bits per heavy atom. The summed E-state index contributed by atoms with van der Waals surface area (Å²) in [5.74, 6) is -1.22. The smallest absolute Gasteiger partial charge is 0.337 e. The van der Waals surface area contributed by atoms with Crippen LogP contribution in [0.4, 0.5) is 5.69 Å². The zero-order chi connectivity index (χ0) is 15.6. The summed E-state index contributed by atoms with van der Waals surface area (Å²) in [4.78, 5) is 14.6. The van der Waals surface area contributed by atoms with Crippen molar-refractivity contribution < 1.29 is 18.3 Å². The number of hydrogen-bond acceptors (Lipinski definition) is 4. The van der Waals surface area contributed by atoms with E-state index in [9.17, 15) is 13.2 Å². The third-order valence-corrected chi connectivity index (χ3v) is 4.42. The molecule has 2 rings (SSSR count). The molecule has 2 N–H and O–H groups in total. The Kier molecular flexibility index (Phi) is 4.15. The van der Waals surface area contributed by atoms with Crippen LogP contribution in [0.3, 0.4) is 0 Å². The van der Waals surface area contributed by atoms with Gasteiger partial charge < -0.3 is 5.11 Å². The highest BCUT2D eigenvalue weighted by Crippen LogP contribution is 2.23. The van der Waals surface area contributed by atoms with E-state index in [2.05, 4.69) is 9.71 Å². The van der Waals surface area contributed by atoms with E-state index in [0.29, 0.717) is 11.3 Å². The first-order valence-electron chi connectivity index (χ1n) is 5.77. The molecule has 0 saturated carbocycles. The number of aryl methyl sites for hydroxylation is 1. The van der Waals surface area contributed by atoms with Crippen LogP contribution in [0.5, 0.6) is 0 Å². The Morgan fingerprint density at radius 3 is 2.62 bits per heavy atom. The van der Waals surface area contributed by atoms with Gasteiger partial charge in [-0.3, -0.25) is 9.71 Å². The van der Waals surface area contributed by atoms with Crippen molar-refractivity contribution in [2.75, 3.05) is 4.72 Å². The van der Waals surface area contributed by atoms with E-state index < -0.39 is 16.0 Å². The maximum Gasteiger partial charge on any atom is 0.337 e. The molecule has 0 unspecified atom stereocenters. The number of halogens is 1. The number of nitrogens with zero attached hydrogens (tertiary/aromatic N) is 1. The number of carboxylic acids is 1. The van der Waals surface area contributed by atoms with E-state index in [1.807, 2.05) is 0 Å². The fraction of sp³-hybridized carbons (Fsp3) is 0.0769. The lowest BCUT2D eigenvalue weighted by Gasteiger charge is -2.10. The summed E-state index contributed by atoms with van der Waals surface area (Å²) in [5.41, 5.74) is 0.897. The number of carbonyl (C=O) groups is 1. The van der Waals surface area contributed by atoms with Gasteiger partial charge in [-0.05, 0) is 36.8 Å². The van der Waals surface area contributed by atoms with Crippen LogP contribution in [-0.4, -0.2) is 24.5 Å². The van der Waals surface area contributed by atoms with Crippen molar-refractivity contribution in [3.8, 4) is 0 Å². The Bertz CT molecular complexity index is 806. The highest BCUT2D eigenvalue weighted by molar-refractivity contribution is 7.92. The first-order valence-corrected chi connectivity index (χ1v) is 7.63. The standard InChI is InChI=1S/C13H11ClN2O4S/c1-8-7-15-5-4-12(8)16-21(19,20)9-2-3-10(13(17)18)11(14)6-9/h2-7H,1H3,(H,15,16)(H,17,18). The molecule has 0 aliphatic heterocycles. The zero-order valence-corrected chi connectivity index (χ0v) is 12.4. The highest BCUT2D eigenvalue weighted by Gasteiger charge is 2.18. The second kappa shape index (κ2) is 5.71. The number of hydrogen-bond donors (Lipinski definition) is 2. The molecule has 0 fully saturated rings. The van der Waals surface area contributed by atoms with Crippen LogP contribution in [-0.2, 0) is 10.0 Å². The summed E-state index contributed by atoms with van der Waals surface area (Å²) in [7, 11) is -3.86. The number of aromatic nitrogens is 1. The second-order valence-corrected chi connectivity index (χ2v) is 6.33. The summed E-state index contributed by atoms with van der Waals surface area (Å²) in [6, 6.07) is 4.97. The molecule has 0 aliphatic carbocycles. The molecule has 6 nitrogen and oxygen atoms in total. The third-order valence-electron chi connectivity index (χ3n) is 2.75. The molecule has 0 radical (unpaired) electrons. The first kappa shape index (κ1) is 15.3. The van der Waals surface area contributed by atoms with Gasteiger partial charge in [0.15, 0.2) is 0 Å². The molecular formula is C13H11ClN2O4S. The Morgan fingerprint density at radius 1 is 1.33 bits per heavy atom. The van der Waals surface area contributed by atoms with Gasteiger partial charge in [-0.2, -0.15) is 0 Å². The highest BCUT2D eigenvalue weighted by atomic mass is 35.5. The van der Waals surface area contributed by atoms with Crippen LogP contribution >= 0.6 is 11.6 Å². The van der Waals surface area contributed by atoms with Gasteiger partial charge >= 0.3 is 5.97 Å². The van der Waals surface area contributed by atoms with Crippen LogP contribution in [0.1, 0.15) is 15.9 Å². The van der Waals surface area contributed by atoms with Gasteiger partial charge in [-0.25, -0.2) is 13.2 Å². The Labute approximate surface area is 126 Å². The van der Waals surface area contributed by atoms with E-state index in [0.717, 1.165) is 12.1 Å². The largest absolute Gasteiger partial charge is 0.478 e. The van der Waals surface area contributed by atoms with Gasteiger partial charge in [0, 0.05) is 12.4 Å². The molecule has 0 amide bonds. The van der Waals surface area contributed by atoms with Crippen LogP contribution in [0.15, 0.2) is 41.6 Å². The number of aromatic carboxylic acids is 1. The summed E-state index contributed by atoms with van der Waals surface area (Å²) < 4.78 is 26.9. The van der Waals surface area contributed by atoms with Crippen molar-refractivity contribution in [3.05, 3.63) is 52.8 Å². The lowest BCUT2D eigenvalue weighted by Crippen LogP contribution is -2.14. The molecule has 0 bridgehead atoms. The molecule has 21 heavy (non-hydrogen) atoms. The minimum Gasteiger partial charge on any atom is -0.478 e. The molecule has 1 aromatic heterocycles. The maximum absolute atomic E-state index is 12.2. The van der Waals surface area contributed by atoms with E-state index in [1.165, 1.54) is 24.5 Å². The van der Waals surface area contributed by atoms with Crippen LogP contribution in [0.25, 0.3) is 0 Å². The number of anilines is 1. The number of benzene rings is 1. The van der Waals surface area contributed by atoms with Gasteiger partial charge in [0.1, 0.15) is 0 Å². The van der Waals surface area contributed by atoms with Crippen molar-refractivity contribution in [3.63, 3.8) is 0 Å². The predicted molar refractivity (Wildman–Crippen MR) is 78.2 cm³/mol. The second-order valence-electron chi connectivity index (χ2n) is 4.24. The molecule has 1 aromatic carbocycles. The van der Waals surface area contributed by atoms with Crippen molar-refractivity contribution in [1.82, 2.24) is 4.98 Å². The molecule has 0 saturated heterocycles. The third kappa shape index (κ3) is 3.32. The molecule has 110 valence electrons. The topological polar surface area (TPSA) is 96.4 Å². The van der Waals surface area contributed by atoms with E-state index in [1.54, 1.807) is 6.92 Å². The monoisotopic (exact) mass is 326 g/mol. The molecule has 0 aliphatic rings. The van der Waals surface area contributed by atoms with Crippen LogP contribution in [0.2, 0.25) is 5.02 Å². The van der Waals surface area contributed by atoms with Gasteiger partial charge in [-0.1, -0.05) is 11.6 Å². The minimum atomic E-state index is -3.86. The molecule has 8 heteroatoms. The molecule has 0 spiro atoms. The van der Waals surface area contributed by atoms with Crippen molar-refractivity contribution >= 4 is 33.3 Å². The molecule has 0 atom stereocenters. The average molecular weight is 327 g/mol. The summed E-state index contributed by atoms with van der Waals surface area (Å²) >= 11 is 5.78. The SMILES string of the molecule is Cc1cnccc1NS(=O)(=O)c1ccc(C(=O)O)c(Cl)c1. The molecule has 1 heterocycles. The lowest BCUT2D eigenvalue weighted by atomic mass is 10.2. The van der Waals surface area contributed by atoms with Crippen LogP contribution < -0.4 is 4.72 Å². The summed E-state index contributed by atoms with van der Waals surface area (Å²) in [6.45, 7) is 1.71. The van der Waals surface area contributed by atoms with Gasteiger partial charge in [0.05, 0.1) is 21.2 Å². The van der Waals surface area contributed by atoms with Crippen molar-refractivity contribution in [2.45, 2.75) is 11.8 Å². The van der Waals surface area contributed by atoms with E-state index in [4.69, 9.17) is 16.7 Å². The number of carboxylic acid groups (broad SMARTS) is 1. The maximum atomic E-state index is 12.2. The number of rotatable bonds is 4. The molecular weight excluding hydrogens is 316 g/mol. The fourth-order valence-corrected chi connectivity index (χ4v) is 3.11. The zero-order valence-electron chi connectivity index (χ0n) is 10.9. The Balaban J connectivity index is 2.39.